The van der Waals surface area contributed by atoms with E-state index < -0.39 is 0 Å². The van der Waals surface area contributed by atoms with E-state index in [1.165, 1.54) is 10.6 Å². The summed E-state index contributed by atoms with van der Waals surface area (Å²) in [5, 5.41) is 13.7. The van der Waals surface area contributed by atoms with Gasteiger partial charge < -0.3 is 5.11 Å². The molecule has 0 amide bonds. The fourth-order valence-electron chi connectivity index (χ4n) is 2.39. The lowest BCUT2D eigenvalue weighted by Gasteiger charge is -2.03. The van der Waals surface area contributed by atoms with Gasteiger partial charge in [-0.25, -0.2) is 0 Å². The smallest absolute Gasteiger partial charge is 0.237 e. The van der Waals surface area contributed by atoms with Gasteiger partial charge in [0, 0.05) is 11.1 Å². The van der Waals surface area contributed by atoms with Crippen LogP contribution in [0.2, 0.25) is 15.6 Å². The predicted octanol–water partition coefficient (Wildman–Crippen LogP) is 5.26. The minimum Gasteiger partial charge on any atom is -0.392 e. The quantitative estimate of drug-likeness (QED) is 0.747. The molecule has 2 aromatic rings. The molecule has 4 heteroatoms. The van der Waals surface area contributed by atoms with Crippen LogP contribution in [0.5, 0.6) is 0 Å². The maximum absolute atomic E-state index is 8.97. The highest BCUT2D eigenvalue weighted by molar-refractivity contribution is 6.35. The van der Waals surface area contributed by atoms with Gasteiger partial charge >= 0.3 is 0 Å². The minimum absolute atomic E-state index is 0.0309. The molecule has 0 radical (unpaired) electrons. The van der Waals surface area contributed by atoms with E-state index in [9.17, 15) is 0 Å². The molecule has 0 unspecified atom stereocenters. The third kappa shape index (κ3) is 7.68. The predicted molar refractivity (Wildman–Crippen MR) is 104 cm³/mol. The van der Waals surface area contributed by atoms with Gasteiger partial charge in [-0.15, -0.1) is 0 Å². The van der Waals surface area contributed by atoms with Gasteiger partial charge in [-0.1, -0.05) is 73.8 Å². The lowest BCUT2D eigenvalue weighted by molar-refractivity contribution is 0.282. The third-order valence-corrected chi connectivity index (χ3v) is 7.14. The number of aliphatic hydroxyl groups is 1. The van der Waals surface area contributed by atoms with Crippen LogP contribution in [0.4, 0.5) is 0 Å². The molecule has 1 N–H and O–H groups in total. The summed E-state index contributed by atoms with van der Waals surface area (Å²) in [5.41, 5.74) is 2.57. The van der Waals surface area contributed by atoms with Gasteiger partial charge in [-0.3, -0.25) is 4.98 Å². The number of aliphatic hydroxyl groups excluding tert-OH is 1. The van der Waals surface area contributed by atoms with Gasteiger partial charge in [-0.2, -0.15) is 0 Å². The number of rotatable bonds is 5. The van der Waals surface area contributed by atoms with Crippen LogP contribution in [-0.4, -0.2) is 25.3 Å². The molecule has 1 aromatic carbocycles. The van der Waals surface area contributed by atoms with Crippen molar-refractivity contribution in [3.63, 3.8) is 0 Å². The molecule has 2 rings (SSSR count). The van der Waals surface area contributed by atoms with Crippen molar-refractivity contribution in [1.29, 1.82) is 0 Å². The molecular formula is C19H29AlClNO. The molecule has 1 heterocycles. The van der Waals surface area contributed by atoms with Crippen LogP contribution < -0.4 is 0 Å². The zero-order chi connectivity index (χ0) is 17.4. The van der Waals surface area contributed by atoms with Crippen molar-refractivity contribution in [3.8, 4) is 0 Å². The standard InChI is InChI=1S/C11H10ClNO.2C4H9.Al.H/c1-7-4-10(12)9-3-2-8(6-14)5-11(9)13-7;2*1-4(2)3;;/h2-5,14H,6H2,1H3;2*4H,1H2,2-3H3;;. The van der Waals surface area contributed by atoms with Crippen LogP contribution in [0.15, 0.2) is 24.3 Å². The largest absolute Gasteiger partial charge is 0.392 e. The average Bonchev–Trinajstić information content (AvgIpc) is 2.46. The number of nitrogens with zero attached hydrogens (tertiary/aromatic N) is 1. The van der Waals surface area contributed by atoms with Gasteiger partial charge in [0.1, 0.15) is 0 Å². The van der Waals surface area contributed by atoms with Gasteiger partial charge in [0.2, 0.25) is 15.2 Å². The number of benzene rings is 1. The maximum Gasteiger partial charge on any atom is 0.237 e. The molecule has 0 aliphatic heterocycles. The normalized spacial score (nSPS) is 10.8. The summed E-state index contributed by atoms with van der Waals surface area (Å²) < 4.78 is 0. The van der Waals surface area contributed by atoms with Crippen molar-refractivity contribution in [2.75, 3.05) is 0 Å². The molecule has 0 saturated carbocycles. The first-order valence-corrected chi connectivity index (χ1v) is 10.9. The van der Waals surface area contributed by atoms with Crippen molar-refractivity contribution < 1.29 is 5.11 Å². The third-order valence-electron chi connectivity index (χ3n) is 3.70. The number of halogens is 1. The Balaban J connectivity index is 0.000000257. The van der Waals surface area contributed by atoms with E-state index >= 15 is 0 Å². The number of fused-ring (bicyclic) bond motifs is 1. The summed E-state index contributed by atoms with van der Waals surface area (Å²) >= 11 is 6.37. The summed E-state index contributed by atoms with van der Waals surface area (Å²) in [7, 11) is 0. The van der Waals surface area contributed by atoms with E-state index in [1.807, 2.05) is 31.2 Å². The highest BCUT2D eigenvalue weighted by atomic mass is 35.5. The maximum atomic E-state index is 8.97. The van der Waals surface area contributed by atoms with E-state index in [4.69, 9.17) is 16.7 Å². The Labute approximate surface area is 152 Å². The lowest BCUT2D eigenvalue weighted by Crippen LogP contribution is -1.99. The molecule has 0 saturated heterocycles. The van der Waals surface area contributed by atoms with E-state index in [0.717, 1.165) is 34.0 Å². The average molecular weight is 350 g/mol. The second-order valence-electron chi connectivity index (χ2n) is 6.97. The van der Waals surface area contributed by atoms with Crippen molar-refractivity contribution in [3.05, 3.63) is 40.5 Å². The molecule has 0 aliphatic rings. The van der Waals surface area contributed by atoms with E-state index in [0.29, 0.717) is 20.2 Å². The van der Waals surface area contributed by atoms with Crippen LogP contribution >= 0.6 is 11.6 Å². The molecule has 126 valence electrons. The minimum atomic E-state index is 0.0309. The SMILES string of the molecule is CC(C)[CH2][AlH][CH2]C(C)C.Cc1cc(Cl)c2ccc(CO)cc2n1. The van der Waals surface area contributed by atoms with Crippen molar-refractivity contribution >= 4 is 37.7 Å². The van der Waals surface area contributed by atoms with Crippen LogP contribution in [-0.2, 0) is 6.61 Å². The molecule has 23 heavy (non-hydrogen) atoms. The molecule has 0 atom stereocenters. The van der Waals surface area contributed by atoms with Crippen LogP contribution in [0.3, 0.4) is 0 Å². The Bertz CT molecular complexity index is 606. The zero-order valence-corrected chi connectivity index (χ0v) is 17.2. The molecule has 0 bridgehead atoms. The molecule has 1 aromatic heterocycles. The zero-order valence-electron chi connectivity index (χ0n) is 15.1. The topological polar surface area (TPSA) is 33.1 Å². The lowest BCUT2D eigenvalue weighted by atomic mass is 10.1. The first kappa shape index (κ1) is 20.5. The summed E-state index contributed by atoms with van der Waals surface area (Å²) in [4.78, 5) is 4.35. The Kier molecular flexibility index (Phi) is 9.17. The van der Waals surface area contributed by atoms with E-state index in [2.05, 4.69) is 32.7 Å². The summed E-state index contributed by atoms with van der Waals surface area (Å²) in [6.07, 6.45) is 0. The van der Waals surface area contributed by atoms with Crippen molar-refractivity contribution in [2.45, 2.75) is 51.8 Å². The number of pyridine rings is 1. The Hall–Kier alpha value is -0.588. The molecular weight excluding hydrogens is 321 g/mol. The van der Waals surface area contributed by atoms with Crippen LogP contribution in [0.1, 0.15) is 39.0 Å². The Morgan fingerprint density at radius 3 is 2.22 bits per heavy atom. The van der Waals surface area contributed by atoms with Crippen molar-refractivity contribution in [2.24, 2.45) is 11.8 Å². The number of aryl methyl sites for hydroxylation is 1. The van der Waals surface area contributed by atoms with Gasteiger partial charge in [0.05, 0.1) is 17.1 Å². The fraction of sp³-hybridized carbons (Fsp3) is 0.526. The van der Waals surface area contributed by atoms with Crippen LogP contribution in [0.25, 0.3) is 10.9 Å². The number of hydrogen-bond donors (Lipinski definition) is 1. The van der Waals surface area contributed by atoms with Crippen molar-refractivity contribution in [1.82, 2.24) is 4.98 Å². The van der Waals surface area contributed by atoms with Gasteiger partial charge in [0.15, 0.2) is 0 Å². The Morgan fingerprint density at radius 2 is 1.70 bits per heavy atom. The summed E-state index contributed by atoms with van der Waals surface area (Å²) in [5.74, 6) is 1.91. The van der Waals surface area contributed by atoms with Crippen LogP contribution in [0, 0.1) is 18.8 Å². The molecule has 0 aliphatic carbocycles. The first-order chi connectivity index (χ1) is 10.8. The second-order valence-corrected chi connectivity index (χ2v) is 9.24. The van der Waals surface area contributed by atoms with E-state index in [1.54, 1.807) is 0 Å². The highest BCUT2D eigenvalue weighted by Crippen LogP contribution is 2.23. The summed E-state index contributed by atoms with van der Waals surface area (Å²) in [6.45, 7) is 11.2. The summed E-state index contributed by atoms with van der Waals surface area (Å²) in [6, 6.07) is 7.43. The van der Waals surface area contributed by atoms with E-state index in [-0.39, 0.29) is 6.61 Å². The molecule has 0 spiro atoms. The number of aromatic nitrogens is 1. The molecule has 0 fully saturated rings. The first-order valence-electron chi connectivity index (χ1n) is 8.50. The second kappa shape index (κ2) is 10.3. The monoisotopic (exact) mass is 349 g/mol. The molecule has 2 nitrogen and oxygen atoms in total. The van der Waals surface area contributed by atoms with Gasteiger partial charge in [0.25, 0.3) is 0 Å². The fourth-order valence-corrected chi connectivity index (χ4v) is 4.57. The Morgan fingerprint density at radius 1 is 1.09 bits per heavy atom. The number of hydrogen-bond acceptors (Lipinski definition) is 2. The highest BCUT2D eigenvalue weighted by Gasteiger charge is 2.02. The van der Waals surface area contributed by atoms with Gasteiger partial charge in [-0.05, 0) is 24.6 Å².